The van der Waals surface area contributed by atoms with E-state index in [0.717, 1.165) is 6.54 Å². The van der Waals surface area contributed by atoms with Crippen molar-refractivity contribution in [2.45, 2.75) is 19.4 Å². The Morgan fingerprint density at radius 3 is 2.75 bits per heavy atom. The van der Waals surface area contributed by atoms with Crippen LogP contribution in [0.1, 0.15) is 13.3 Å². The Kier molecular flexibility index (Phi) is 9.32. The van der Waals surface area contributed by atoms with Crippen molar-refractivity contribution < 1.29 is 17.9 Å². The van der Waals surface area contributed by atoms with Crippen LogP contribution >= 0.6 is 12.4 Å². The van der Waals surface area contributed by atoms with E-state index < -0.39 is 16.1 Å². The van der Waals surface area contributed by atoms with E-state index in [1.54, 1.807) is 14.0 Å². The molecular formula is C11H24ClN3O4S. The van der Waals surface area contributed by atoms with E-state index in [1.807, 2.05) is 0 Å². The number of nitrogens with one attached hydrogen (secondary N) is 2. The molecule has 0 aromatic carbocycles. The predicted octanol–water partition coefficient (Wildman–Crippen LogP) is -0.816. The summed E-state index contributed by atoms with van der Waals surface area (Å²) in [5.74, 6) is -0.0505. The third-order valence-electron chi connectivity index (χ3n) is 3.01. The molecule has 0 bridgehead atoms. The maximum Gasteiger partial charge on any atom is 0.250 e. The van der Waals surface area contributed by atoms with Crippen LogP contribution in [0.25, 0.3) is 0 Å². The molecular weight excluding hydrogens is 306 g/mol. The molecule has 1 fully saturated rings. The molecule has 1 unspecified atom stereocenters. The van der Waals surface area contributed by atoms with E-state index in [9.17, 15) is 13.2 Å². The summed E-state index contributed by atoms with van der Waals surface area (Å²) in [5.41, 5.74) is 0. The number of hydrogen-bond acceptors (Lipinski definition) is 5. The van der Waals surface area contributed by atoms with Crippen LogP contribution in [0.4, 0.5) is 0 Å². The van der Waals surface area contributed by atoms with Gasteiger partial charge in [0, 0.05) is 33.2 Å². The molecule has 120 valence electrons. The van der Waals surface area contributed by atoms with Gasteiger partial charge in [0.15, 0.2) is 0 Å². The highest BCUT2D eigenvalue weighted by Gasteiger charge is 2.21. The molecule has 0 saturated carbocycles. The monoisotopic (exact) mass is 329 g/mol. The van der Waals surface area contributed by atoms with E-state index >= 15 is 0 Å². The fraction of sp³-hybridized carbons (Fsp3) is 0.909. The summed E-state index contributed by atoms with van der Waals surface area (Å²) in [7, 11) is -1.58. The maximum atomic E-state index is 11.7. The van der Waals surface area contributed by atoms with Gasteiger partial charge < -0.3 is 15.4 Å². The average molecular weight is 330 g/mol. The lowest BCUT2D eigenvalue weighted by molar-refractivity contribution is -0.134. The zero-order valence-electron chi connectivity index (χ0n) is 11.9. The third kappa shape index (κ3) is 6.36. The Morgan fingerprint density at radius 2 is 2.20 bits per heavy atom. The van der Waals surface area contributed by atoms with Crippen molar-refractivity contribution in [3.05, 3.63) is 0 Å². The van der Waals surface area contributed by atoms with Gasteiger partial charge in [-0.2, -0.15) is 0 Å². The second-order valence-electron chi connectivity index (χ2n) is 4.43. The smallest absolute Gasteiger partial charge is 0.250 e. The van der Waals surface area contributed by atoms with E-state index in [-0.39, 0.29) is 24.1 Å². The lowest BCUT2D eigenvalue weighted by Crippen LogP contribution is -2.48. The van der Waals surface area contributed by atoms with Crippen molar-refractivity contribution in [1.29, 1.82) is 0 Å². The summed E-state index contributed by atoms with van der Waals surface area (Å²) in [6.07, 6.45) is 0.146. The first kappa shape index (κ1) is 19.6. The van der Waals surface area contributed by atoms with E-state index in [2.05, 4.69) is 10.6 Å². The molecule has 0 spiro atoms. The Balaban J connectivity index is 0.00000361. The first-order valence-corrected chi connectivity index (χ1v) is 8.12. The molecule has 1 amide bonds. The maximum absolute atomic E-state index is 11.7. The van der Waals surface area contributed by atoms with Gasteiger partial charge in [0.1, 0.15) is 6.10 Å². The van der Waals surface area contributed by atoms with Crippen LogP contribution in [0.2, 0.25) is 0 Å². The van der Waals surface area contributed by atoms with E-state index in [0.29, 0.717) is 32.7 Å². The van der Waals surface area contributed by atoms with Crippen LogP contribution in [0.5, 0.6) is 0 Å². The summed E-state index contributed by atoms with van der Waals surface area (Å²) in [6, 6.07) is 0. The lowest BCUT2D eigenvalue weighted by atomic mass is 10.3. The number of rotatable bonds is 7. The van der Waals surface area contributed by atoms with Gasteiger partial charge in [-0.3, -0.25) is 4.79 Å². The molecule has 9 heteroatoms. The highest BCUT2D eigenvalue weighted by atomic mass is 35.5. The number of sulfonamides is 1. The molecule has 0 radical (unpaired) electrons. The predicted molar refractivity (Wildman–Crippen MR) is 79.6 cm³/mol. The fourth-order valence-corrected chi connectivity index (χ4v) is 2.57. The molecule has 0 aliphatic carbocycles. The van der Waals surface area contributed by atoms with E-state index in [4.69, 9.17) is 4.74 Å². The summed E-state index contributed by atoms with van der Waals surface area (Å²) in [5, 5.41) is 5.83. The zero-order chi connectivity index (χ0) is 14.3. The Hall–Kier alpha value is -0.410. The van der Waals surface area contributed by atoms with Crippen LogP contribution in [-0.4, -0.2) is 70.3 Å². The number of carbonyl (C=O) groups is 1. The topological polar surface area (TPSA) is 87.7 Å². The second kappa shape index (κ2) is 9.51. The quantitative estimate of drug-likeness (QED) is 0.596. The van der Waals surface area contributed by atoms with Crippen LogP contribution in [0, 0.1) is 0 Å². The molecule has 1 saturated heterocycles. The second-order valence-corrected chi connectivity index (χ2v) is 6.79. The normalized spacial score (nSPS) is 19.4. The van der Waals surface area contributed by atoms with Gasteiger partial charge in [-0.15, -0.1) is 12.4 Å². The Labute approximate surface area is 126 Å². The SMILES string of the molecule is CCS(=O)(=O)N(C)CCCNC(=O)C1CNCCO1.Cl. The summed E-state index contributed by atoms with van der Waals surface area (Å²) >= 11 is 0. The highest BCUT2D eigenvalue weighted by Crippen LogP contribution is 1.99. The average Bonchev–Trinajstić information content (AvgIpc) is 2.43. The molecule has 0 aromatic heterocycles. The van der Waals surface area contributed by atoms with Gasteiger partial charge >= 0.3 is 0 Å². The number of nitrogens with zero attached hydrogens (tertiary/aromatic N) is 1. The van der Waals surface area contributed by atoms with Crippen LogP contribution < -0.4 is 10.6 Å². The minimum atomic E-state index is -3.13. The van der Waals surface area contributed by atoms with Crippen molar-refractivity contribution in [3.8, 4) is 0 Å². The van der Waals surface area contributed by atoms with E-state index in [1.165, 1.54) is 4.31 Å². The molecule has 2 N–H and O–H groups in total. The number of ether oxygens (including phenoxy) is 1. The molecule has 1 aliphatic heterocycles. The van der Waals surface area contributed by atoms with Gasteiger partial charge in [0.25, 0.3) is 0 Å². The van der Waals surface area contributed by atoms with Gasteiger partial charge in [0.2, 0.25) is 15.9 Å². The molecule has 1 heterocycles. The van der Waals surface area contributed by atoms with Crippen molar-refractivity contribution in [2.24, 2.45) is 0 Å². The third-order valence-corrected chi connectivity index (χ3v) is 4.87. The fourth-order valence-electron chi connectivity index (χ4n) is 1.72. The summed E-state index contributed by atoms with van der Waals surface area (Å²) in [4.78, 5) is 11.7. The summed E-state index contributed by atoms with van der Waals surface area (Å²) < 4.78 is 29.6. The van der Waals surface area contributed by atoms with Crippen LogP contribution in [0.15, 0.2) is 0 Å². The van der Waals surface area contributed by atoms with Crippen molar-refractivity contribution >= 4 is 28.3 Å². The van der Waals surface area contributed by atoms with Gasteiger partial charge in [0.05, 0.1) is 12.4 Å². The molecule has 20 heavy (non-hydrogen) atoms. The first-order valence-electron chi connectivity index (χ1n) is 6.51. The largest absolute Gasteiger partial charge is 0.366 e. The Morgan fingerprint density at radius 1 is 1.50 bits per heavy atom. The number of halogens is 1. The van der Waals surface area contributed by atoms with Crippen molar-refractivity contribution in [1.82, 2.24) is 14.9 Å². The molecule has 0 aromatic rings. The van der Waals surface area contributed by atoms with Gasteiger partial charge in [-0.05, 0) is 13.3 Å². The molecule has 1 rings (SSSR count). The van der Waals surface area contributed by atoms with Gasteiger partial charge in [-0.25, -0.2) is 12.7 Å². The van der Waals surface area contributed by atoms with Gasteiger partial charge in [-0.1, -0.05) is 0 Å². The lowest BCUT2D eigenvalue weighted by Gasteiger charge is -2.23. The van der Waals surface area contributed by atoms with Crippen molar-refractivity contribution in [3.63, 3.8) is 0 Å². The van der Waals surface area contributed by atoms with Crippen molar-refractivity contribution in [2.75, 3.05) is 45.6 Å². The van der Waals surface area contributed by atoms with Crippen LogP contribution in [-0.2, 0) is 19.6 Å². The zero-order valence-corrected chi connectivity index (χ0v) is 13.6. The molecule has 7 nitrogen and oxygen atoms in total. The number of amides is 1. The number of morpholine rings is 1. The van der Waals surface area contributed by atoms with Crippen LogP contribution in [0.3, 0.4) is 0 Å². The minimum absolute atomic E-state index is 0. The minimum Gasteiger partial charge on any atom is -0.366 e. The number of hydrogen-bond donors (Lipinski definition) is 2. The Bertz CT molecular complexity index is 385. The molecule has 1 atom stereocenters. The molecule has 1 aliphatic rings. The number of carbonyl (C=O) groups excluding carboxylic acids is 1. The summed E-state index contributed by atoms with van der Waals surface area (Å²) in [6.45, 7) is 4.29. The highest BCUT2D eigenvalue weighted by molar-refractivity contribution is 7.89. The first-order chi connectivity index (χ1) is 8.97. The standard InChI is InChI=1S/C11H23N3O4S.ClH/c1-3-19(16,17)14(2)7-4-5-13-11(15)10-9-12-6-8-18-10;/h10,12H,3-9H2,1-2H3,(H,13,15);1H.